The lowest BCUT2D eigenvalue weighted by Crippen LogP contribution is -2.51. The second kappa shape index (κ2) is 15.7. The number of H-pyrrole nitrogens is 1. The zero-order valence-electron chi connectivity index (χ0n) is 28.1. The van der Waals surface area contributed by atoms with Gasteiger partial charge in [-0.05, 0) is 42.0 Å². The maximum absolute atomic E-state index is 14.2. The van der Waals surface area contributed by atoms with Crippen molar-refractivity contribution in [3.63, 3.8) is 0 Å². The number of benzene rings is 3. The van der Waals surface area contributed by atoms with Crippen molar-refractivity contribution in [1.82, 2.24) is 14.6 Å². The Bertz CT molecular complexity index is 1880. The zero-order valence-corrected chi connectivity index (χ0v) is 29.0. The van der Waals surface area contributed by atoms with Crippen LogP contribution in [-0.4, -0.2) is 91.1 Å². The van der Waals surface area contributed by atoms with Crippen molar-refractivity contribution in [1.29, 1.82) is 0 Å². The zero-order chi connectivity index (χ0) is 35.3. The van der Waals surface area contributed by atoms with Crippen molar-refractivity contribution in [3.8, 4) is 5.88 Å². The maximum Gasteiger partial charge on any atom is 0.407 e. The molecule has 2 aliphatic heterocycles. The molecule has 0 aliphatic carbocycles. The van der Waals surface area contributed by atoms with Crippen molar-refractivity contribution >= 4 is 33.2 Å². The highest BCUT2D eigenvalue weighted by atomic mass is 32.2. The summed E-state index contributed by atoms with van der Waals surface area (Å²) in [4.78, 5) is 20.5. The Morgan fingerprint density at radius 2 is 1.78 bits per heavy atom. The molecule has 266 valence electrons. The number of sulfonamides is 1. The van der Waals surface area contributed by atoms with E-state index in [0.29, 0.717) is 29.6 Å². The fourth-order valence-corrected chi connectivity index (χ4v) is 8.13. The predicted molar refractivity (Wildman–Crippen MR) is 188 cm³/mol. The molecule has 3 heterocycles. The molecule has 6 rings (SSSR count). The molecule has 13 heteroatoms. The summed E-state index contributed by atoms with van der Waals surface area (Å²) in [5.41, 5.74) is 2.74. The smallest absolute Gasteiger partial charge is 0.407 e. The van der Waals surface area contributed by atoms with Crippen LogP contribution in [0.3, 0.4) is 0 Å². The quantitative estimate of drug-likeness (QED) is 0.139. The van der Waals surface area contributed by atoms with Gasteiger partial charge in [-0.15, -0.1) is 0 Å². The lowest BCUT2D eigenvalue weighted by molar-refractivity contribution is -0.0907. The number of aromatic nitrogens is 1. The number of hydrogen-bond acceptors (Lipinski definition) is 9. The molecule has 1 aromatic heterocycles. The summed E-state index contributed by atoms with van der Waals surface area (Å²) < 4.78 is 46.5. The molecular weight excluding hydrogens is 660 g/mol. The molecule has 50 heavy (non-hydrogen) atoms. The number of carbonyl (C=O) groups is 1. The number of aromatic amines is 1. The minimum Gasteiger partial charge on any atom is -0.494 e. The average Bonchev–Trinajstić information content (AvgIpc) is 3.80. The van der Waals surface area contributed by atoms with Gasteiger partial charge in [-0.25, -0.2) is 13.2 Å². The number of aromatic hydroxyl groups is 1. The summed E-state index contributed by atoms with van der Waals surface area (Å²) >= 11 is 0. The number of amides is 1. The monoisotopic (exact) mass is 704 g/mol. The molecule has 0 radical (unpaired) electrons. The first-order chi connectivity index (χ1) is 24.1. The van der Waals surface area contributed by atoms with Crippen LogP contribution < -0.4 is 5.32 Å². The van der Waals surface area contributed by atoms with Gasteiger partial charge in [0, 0.05) is 24.7 Å². The molecule has 0 bridgehead atoms. The Balaban J connectivity index is 1.20. The highest BCUT2D eigenvalue weighted by Crippen LogP contribution is 2.33. The van der Waals surface area contributed by atoms with E-state index < -0.39 is 34.4 Å². The van der Waals surface area contributed by atoms with E-state index in [2.05, 4.69) is 15.3 Å². The van der Waals surface area contributed by atoms with Crippen molar-refractivity contribution in [3.05, 3.63) is 95.6 Å². The minimum atomic E-state index is -4.14. The molecule has 0 spiro atoms. The number of nitrogens with zero attached hydrogens (tertiary/aromatic N) is 2. The van der Waals surface area contributed by atoms with E-state index >= 15 is 0 Å². The predicted octanol–water partition coefficient (Wildman–Crippen LogP) is 4.60. The SMILES string of the molecule is CC(C)CN(C[C@@H](O)[C@H](Cc1ccccc1)NC(=O)O[C@H]1CO[C@@H]2OCC[C@@H]21)S(=O)(=O)c1ccc2c(C=NCc3ccccc3)c(O)[nH]c2c1. The van der Waals surface area contributed by atoms with Crippen LogP contribution in [0.4, 0.5) is 4.79 Å². The number of carbonyl (C=O) groups excluding carboxylic acids is 1. The molecular formula is C37H44N4O8S. The lowest BCUT2D eigenvalue weighted by Gasteiger charge is -2.31. The molecule has 2 saturated heterocycles. The summed E-state index contributed by atoms with van der Waals surface area (Å²) in [7, 11) is -4.14. The van der Waals surface area contributed by atoms with Gasteiger partial charge < -0.3 is 34.7 Å². The molecule has 0 unspecified atom stereocenters. The van der Waals surface area contributed by atoms with Crippen LogP contribution in [0.15, 0.2) is 88.8 Å². The van der Waals surface area contributed by atoms with Gasteiger partial charge in [-0.1, -0.05) is 80.6 Å². The van der Waals surface area contributed by atoms with E-state index in [1.54, 1.807) is 12.3 Å². The largest absolute Gasteiger partial charge is 0.494 e. The Kier molecular flexibility index (Phi) is 11.2. The number of alkyl carbamates (subject to hydrolysis) is 1. The van der Waals surface area contributed by atoms with Crippen LogP contribution in [0, 0.1) is 11.8 Å². The van der Waals surface area contributed by atoms with Gasteiger partial charge in [0.2, 0.25) is 10.0 Å². The number of aliphatic hydroxyl groups excluding tert-OH is 1. The second-order valence-electron chi connectivity index (χ2n) is 13.2. The van der Waals surface area contributed by atoms with Gasteiger partial charge in [0.05, 0.1) is 53.8 Å². The van der Waals surface area contributed by atoms with Crippen LogP contribution >= 0.6 is 0 Å². The Labute approximate surface area is 292 Å². The van der Waals surface area contributed by atoms with Crippen molar-refractivity contribution < 1.29 is 37.6 Å². The van der Waals surface area contributed by atoms with E-state index in [4.69, 9.17) is 14.2 Å². The fraction of sp³-hybridized carbons (Fsp3) is 0.405. The number of aliphatic imine (C=N–C) groups is 1. The number of ether oxygens (including phenoxy) is 3. The molecule has 5 atom stereocenters. The Morgan fingerprint density at radius 3 is 2.50 bits per heavy atom. The first kappa shape index (κ1) is 35.6. The fourth-order valence-electron chi connectivity index (χ4n) is 6.49. The van der Waals surface area contributed by atoms with Gasteiger partial charge in [-0.2, -0.15) is 4.31 Å². The van der Waals surface area contributed by atoms with Crippen molar-refractivity contribution in [2.75, 3.05) is 26.3 Å². The highest BCUT2D eigenvalue weighted by Gasteiger charge is 2.44. The Hall–Kier alpha value is -4.27. The number of aliphatic hydroxyl groups is 1. The van der Waals surface area contributed by atoms with E-state index in [1.807, 2.05) is 74.5 Å². The maximum atomic E-state index is 14.2. The average molecular weight is 705 g/mol. The van der Waals surface area contributed by atoms with Gasteiger partial charge in [0.15, 0.2) is 12.2 Å². The molecule has 4 aromatic rings. The lowest BCUT2D eigenvalue weighted by atomic mass is 10.0. The van der Waals surface area contributed by atoms with Crippen LogP contribution in [0.25, 0.3) is 10.9 Å². The molecule has 1 amide bonds. The van der Waals surface area contributed by atoms with Crippen LogP contribution in [0.5, 0.6) is 5.88 Å². The molecule has 4 N–H and O–H groups in total. The first-order valence-electron chi connectivity index (χ1n) is 16.9. The van der Waals surface area contributed by atoms with Gasteiger partial charge in [-0.3, -0.25) is 4.99 Å². The normalized spacial score (nSPS) is 20.5. The summed E-state index contributed by atoms with van der Waals surface area (Å²) in [5, 5.41) is 25.7. The van der Waals surface area contributed by atoms with Crippen LogP contribution in [0.2, 0.25) is 0 Å². The van der Waals surface area contributed by atoms with E-state index in [-0.39, 0.29) is 55.0 Å². The summed E-state index contributed by atoms with van der Waals surface area (Å²) in [5.74, 6) is -0.249. The molecule has 0 saturated carbocycles. The third kappa shape index (κ3) is 8.36. The summed E-state index contributed by atoms with van der Waals surface area (Å²) in [6.45, 7) is 4.81. The van der Waals surface area contributed by atoms with Gasteiger partial charge in [0.25, 0.3) is 0 Å². The van der Waals surface area contributed by atoms with Crippen molar-refractivity contribution in [2.24, 2.45) is 16.8 Å². The first-order valence-corrected chi connectivity index (χ1v) is 18.3. The summed E-state index contributed by atoms with van der Waals surface area (Å²) in [6.07, 6.45) is -0.340. The number of nitrogens with one attached hydrogen (secondary N) is 2. The van der Waals surface area contributed by atoms with Gasteiger partial charge in [0.1, 0.15) is 6.10 Å². The minimum absolute atomic E-state index is 0.00609. The van der Waals surface area contributed by atoms with Gasteiger partial charge >= 0.3 is 6.09 Å². The van der Waals surface area contributed by atoms with Crippen molar-refractivity contribution in [2.45, 2.75) is 62.7 Å². The van der Waals surface area contributed by atoms with E-state index in [9.17, 15) is 23.4 Å². The van der Waals surface area contributed by atoms with Crippen LogP contribution in [-0.2, 0) is 37.2 Å². The molecule has 3 aromatic carbocycles. The Morgan fingerprint density at radius 1 is 1.06 bits per heavy atom. The second-order valence-corrected chi connectivity index (χ2v) is 15.2. The topological polar surface area (TPSA) is 163 Å². The summed E-state index contributed by atoms with van der Waals surface area (Å²) in [6, 6.07) is 22.8. The number of rotatable bonds is 14. The molecule has 2 aliphatic rings. The van der Waals surface area contributed by atoms with E-state index in [1.165, 1.54) is 16.4 Å². The van der Waals surface area contributed by atoms with Crippen LogP contribution in [0.1, 0.15) is 37.0 Å². The third-order valence-electron chi connectivity index (χ3n) is 9.03. The number of fused-ring (bicyclic) bond motifs is 2. The molecule has 2 fully saturated rings. The van der Waals surface area contributed by atoms with E-state index in [0.717, 1.165) is 17.5 Å². The third-order valence-corrected chi connectivity index (χ3v) is 10.9. The molecule has 12 nitrogen and oxygen atoms in total. The standard InChI is InChI=1S/C37H44N4O8S/c1-24(2)21-41(50(45,46)27-13-14-28-30(35(43)39-31(28)18-27)20-38-19-26-11-7-4-8-12-26)22-33(42)32(17-25-9-5-3-6-10-25)40-37(44)49-34-23-48-36-29(34)15-16-47-36/h3-14,18,20,24,29,32-34,36,39,42-43H,15-17,19,21-23H2,1-2H3,(H,40,44)/t29-,32+,33-,34+,36+/m1/s1. The number of hydrogen-bond donors (Lipinski definition) is 4. The highest BCUT2D eigenvalue weighted by molar-refractivity contribution is 7.89.